The highest BCUT2D eigenvalue weighted by atomic mass is 15.1. The van der Waals surface area contributed by atoms with Gasteiger partial charge in [0.05, 0.1) is 23.3 Å². The number of fused-ring (bicyclic) bond motifs is 1. The summed E-state index contributed by atoms with van der Waals surface area (Å²) in [5.74, 6) is 0.435. The van der Waals surface area contributed by atoms with E-state index >= 15 is 0 Å². The summed E-state index contributed by atoms with van der Waals surface area (Å²) in [5, 5.41) is 8.06. The summed E-state index contributed by atoms with van der Waals surface area (Å²) >= 11 is 0. The van der Waals surface area contributed by atoms with Crippen molar-refractivity contribution in [1.29, 1.82) is 0 Å². The number of hydrogen-bond acceptors (Lipinski definition) is 5. The Morgan fingerprint density at radius 2 is 1.91 bits per heavy atom. The van der Waals surface area contributed by atoms with E-state index in [4.69, 9.17) is 5.73 Å². The third-order valence-corrected chi connectivity index (χ3v) is 1.38. The summed E-state index contributed by atoms with van der Waals surface area (Å²) in [6.45, 7) is 0. The zero-order valence-electron chi connectivity index (χ0n) is 5.60. The highest BCUT2D eigenvalue weighted by Crippen LogP contribution is 2.11. The van der Waals surface area contributed by atoms with Crippen LogP contribution in [0.3, 0.4) is 0 Å². The van der Waals surface area contributed by atoms with Crippen molar-refractivity contribution in [2.24, 2.45) is 0 Å². The molecule has 0 bridgehead atoms. The lowest BCUT2D eigenvalue weighted by Crippen LogP contribution is -1.94. The van der Waals surface area contributed by atoms with E-state index in [1.165, 1.54) is 6.33 Å². The van der Waals surface area contributed by atoms with Crippen molar-refractivity contribution < 1.29 is 0 Å². The fraction of sp³-hybridized carbons (Fsp3) is 0. The Morgan fingerprint density at radius 3 is 2.73 bits per heavy atom. The molecule has 5 heteroatoms. The molecule has 0 aliphatic rings. The molecule has 2 heterocycles. The molecule has 54 valence electrons. The topological polar surface area (TPSA) is 77.6 Å². The number of nitrogens with two attached hydrogens (primary N) is 1. The van der Waals surface area contributed by atoms with E-state index in [1.807, 2.05) is 0 Å². The van der Waals surface area contributed by atoms with Gasteiger partial charge >= 0.3 is 0 Å². The predicted molar refractivity (Wildman–Crippen MR) is 39.5 cm³/mol. The number of anilines is 1. The molecule has 0 aromatic carbocycles. The first-order chi connectivity index (χ1) is 5.38. The molecule has 5 nitrogen and oxygen atoms in total. The highest BCUT2D eigenvalue weighted by Gasteiger charge is 1.97. The maximum absolute atomic E-state index is 5.54. The van der Waals surface area contributed by atoms with Gasteiger partial charge in [0.2, 0.25) is 0 Å². The van der Waals surface area contributed by atoms with Crippen molar-refractivity contribution >= 4 is 16.7 Å². The second kappa shape index (κ2) is 2.12. The second-order valence-electron chi connectivity index (χ2n) is 2.05. The van der Waals surface area contributed by atoms with Crippen LogP contribution in [0.1, 0.15) is 0 Å². The van der Waals surface area contributed by atoms with Crippen LogP contribution in [0, 0.1) is 0 Å². The SMILES string of the molecule is Nc1ncnc2cnncc12. The highest BCUT2D eigenvalue weighted by molar-refractivity contribution is 5.85. The van der Waals surface area contributed by atoms with Crippen LogP contribution in [0.15, 0.2) is 18.7 Å². The maximum Gasteiger partial charge on any atom is 0.136 e. The Bertz CT molecular complexity index is 380. The van der Waals surface area contributed by atoms with Crippen LogP contribution < -0.4 is 5.73 Å². The summed E-state index contributed by atoms with van der Waals surface area (Å²) in [6.07, 6.45) is 4.50. The molecule has 0 spiro atoms. The Morgan fingerprint density at radius 1 is 1.09 bits per heavy atom. The Labute approximate surface area is 62.3 Å². The van der Waals surface area contributed by atoms with Crippen LogP contribution >= 0.6 is 0 Å². The van der Waals surface area contributed by atoms with Crippen LogP contribution in [-0.2, 0) is 0 Å². The molecule has 0 saturated carbocycles. The second-order valence-corrected chi connectivity index (χ2v) is 2.05. The van der Waals surface area contributed by atoms with E-state index < -0.39 is 0 Å². The first-order valence-corrected chi connectivity index (χ1v) is 3.05. The van der Waals surface area contributed by atoms with Gasteiger partial charge in [-0.05, 0) is 0 Å². The first-order valence-electron chi connectivity index (χ1n) is 3.05. The van der Waals surface area contributed by atoms with Crippen molar-refractivity contribution in [2.75, 3.05) is 5.73 Å². The summed E-state index contributed by atoms with van der Waals surface area (Å²) in [5.41, 5.74) is 6.25. The van der Waals surface area contributed by atoms with Crippen LogP contribution in [-0.4, -0.2) is 20.2 Å². The first kappa shape index (κ1) is 5.96. The number of nitrogens with zero attached hydrogens (tertiary/aromatic N) is 4. The Balaban J connectivity index is 2.91. The zero-order valence-corrected chi connectivity index (χ0v) is 5.60. The summed E-state index contributed by atoms with van der Waals surface area (Å²) in [6, 6.07) is 0. The molecule has 0 fully saturated rings. The van der Waals surface area contributed by atoms with Gasteiger partial charge in [0.1, 0.15) is 12.1 Å². The number of aromatic nitrogens is 4. The zero-order chi connectivity index (χ0) is 7.68. The summed E-state index contributed by atoms with van der Waals surface area (Å²) in [4.78, 5) is 7.75. The lowest BCUT2D eigenvalue weighted by atomic mass is 10.3. The van der Waals surface area contributed by atoms with Gasteiger partial charge < -0.3 is 5.73 Å². The van der Waals surface area contributed by atoms with E-state index in [0.717, 1.165) is 5.39 Å². The van der Waals surface area contributed by atoms with E-state index in [9.17, 15) is 0 Å². The average molecular weight is 147 g/mol. The minimum absolute atomic E-state index is 0.435. The molecule has 0 amide bonds. The fourth-order valence-corrected chi connectivity index (χ4v) is 0.838. The van der Waals surface area contributed by atoms with Gasteiger partial charge in [0, 0.05) is 0 Å². The predicted octanol–water partition coefficient (Wildman–Crippen LogP) is 0.00200. The molecule has 0 aliphatic heterocycles. The quantitative estimate of drug-likeness (QED) is 0.567. The molecule has 11 heavy (non-hydrogen) atoms. The molecule has 2 N–H and O–H groups in total. The summed E-state index contributed by atoms with van der Waals surface area (Å²) in [7, 11) is 0. The lowest BCUT2D eigenvalue weighted by molar-refractivity contribution is 1.04. The minimum atomic E-state index is 0.435. The van der Waals surface area contributed by atoms with Crippen LogP contribution in [0.4, 0.5) is 5.82 Å². The normalized spacial score (nSPS) is 10.2. The Hall–Kier alpha value is -1.78. The van der Waals surface area contributed by atoms with Crippen LogP contribution in [0.5, 0.6) is 0 Å². The van der Waals surface area contributed by atoms with Crippen LogP contribution in [0.2, 0.25) is 0 Å². The molecule has 0 atom stereocenters. The lowest BCUT2D eigenvalue weighted by Gasteiger charge is -1.95. The van der Waals surface area contributed by atoms with Gasteiger partial charge in [-0.3, -0.25) is 0 Å². The van der Waals surface area contributed by atoms with Gasteiger partial charge in [-0.2, -0.15) is 10.2 Å². The van der Waals surface area contributed by atoms with E-state index in [2.05, 4.69) is 20.2 Å². The minimum Gasteiger partial charge on any atom is -0.383 e. The van der Waals surface area contributed by atoms with Crippen molar-refractivity contribution in [3.63, 3.8) is 0 Å². The Kier molecular flexibility index (Phi) is 1.15. The van der Waals surface area contributed by atoms with E-state index in [0.29, 0.717) is 11.3 Å². The van der Waals surface area contributed by atoms with E-state index in [1.54, 1.807) is 12.4 Å². The summed E-state index contributed by atoms with van der Waals surface area (Å²) < 4.78 is 0. The molecule has 0 radical (unpaired) electrons. The molecule has 0 unspecified atom stereocenters. The number of hydrogen-bond donors (Lipinski definition) is 1. The van der Waals surface area contributed by atoms with Gasteiger partial charge in [-0.1, -0.05) is 0 Å². The molecule has 2 aromatic rings. The average Bonchev–Trinajstić information content (AvgIpc) is 2.06. The van der Waals surface area contributed by atoms with Crippen molar-refractivity contribution in [3.05, 3.63) is 18.7 Å². The fourth-order valence-electron chi connectivity index (χ4n) is 0.838. The van der Waals surface area contributed by atoms with Crippen molar-refractivity contribution in [1.82, 2.24) is 20.2 Å². The molecule has 2 aromatic heterocycles. The standard InChI is InChI=1S/C6H5N5/c7-6-4-1-10-11-2-5(4)8-3-9-6/h1-3H,(H2,7,8,9). The largest absolute Gasteiger partial charge is 0.383 e. The molecule has 2 rings (SSSR count). The van der Waals surface area contributed by atoms with Crippen LogP contribution in [0.25, 0.3) is 10.9 Å². The van der Waals surface area contributed by atoms with Gasteiger partial charge in [-0.15, -0.1) is 0 Å². The van der Waals surface area contributed by atoms with Gasteiger partial charge in [-0.25, -0.2) is 9.97 Å². The monoisotopic (exact) mass is 147 g/mol. The third kappa shape index (κ3) is 0.861. The van der Waals surface area contributed by atoms with Crippen molar-refractivity contribution in [2.45, 2.75) is 0 Å². The van der Waals surface area contributed by atoms with E-state index in [-0.39, 0.29) is 0 Å². The number of nitrogen functional groups attached to an aromatic ring is 1. The molecule has 0 aliphatic carbocycles. The smallest absolute Gasteiger partial charge is 0.136 e. The van der Waals surface area contributed by atoms with Gasteiger partial charge in [0.25, 0.3) is 0 Å². The number of rotatable bonds is 0. The maximum atomic E-state index is 5.54. The molecule has 0 saturated heterocycles. The van der Waals surface area contributed by atoms with Crippen molar-refractivity contribution in [3.8, 4) is 0 Å². The van der Waals surface area contributed by atoms with Gasteiger partial charge in [0.15, 0.2) is 0 Å². The molecular formula is C6H5N5. The molecular weight excluding hydrogens is 142 g/mol. The third-order valence-electron chi connectivity index (χ3n) is 1.38.